The molecular formula is C26H29F3N4O2S. The van der Waals surface area contributed by atoms with E-state index >= 15 is 0 Å². The minimum absolute atomic E-state index is 0.0220. The molecule has 1 saturated carbocycles. The first kappa shape index (κ1) is 24.9. The van der Waals surface area contributed by atoms with Crippen molar-refractivity contribution in [2.24, 2.45) is 10.9 Å². The molecule has 0 spiro atoms. The minimum atomic E-state index is -4.32. The molecule has 10 heteroatoms. The predicted molar refractivity (Wildman–Crippen MR) is 133 cm³/mol. The van der Waals surface area contributed by atoms with Crippen molar-refractivity contribution in [3.63, 3.8) is 0 Å². The summed E-state index contributed by atoms with van der Waals surface area (Å²) in [5, 5.41) is 1.03. The largest absolute Gasteiger partial charge is 0.391 e. The lowest BCUT2D eigenvalue weighted by atomic mass is 10.1. The molecule has 1 aliphatic heterocycles. The van der Waals surface area contributed by atoms with Gasteiger partial charge in [0.05, 0.1) is 40.2 Å². The van der Waals surface area contributed by atoms with E-state index in [4.69, 9.17) is 4.98 Å². The first-order valence-corrected chi connectivity index (χ1v) is 14.0. The van der Waals surface area contributed by atoms with Gasteiger partial charge in [-0.3, -0.25) is 9.98 Å². The van der Waals surface area contributed by atoms with Gasteiger partial charge in [0, 0.05) is 29.4 Å². The smallest absolute Gasteiger partial charge is 0.320 e. The van der Waals surface area contributed by atoms with Gasteiger partial charge in [0.2, 0.25) is 0 Å². The summed E-state index contributed by atoms with van der Waals surface area (Å²) in [6.45, 7) is 3.74. The number of fused-ring (bicyclic) bond motifs is 1. The predicted octanol–water partition coefficient (Wildman–Crippen LogP) is 6.08. The second kappa shape index (κ2) is 9.28. The van der Waals surface area contributed by atoms with Crippen molar-refractivity contribution in [2.75, 3.05) is 12.3 Å². The molecule has 0 N–H and O–H groups in total. The Kier molecular flexibility index (Phi) is 6.43. The molecule has 5 rings (SSSR count). The van der Waals surface area contributed by atoms with Crippen LogP contribution in [0.3, 0.4) is 0 Å². The Hall–Kier alpha value is -2.75. The van der Waals surface area contributed by atoms with Gasteiger partial charge in [-0.15, -0.1) is 0 Å². The van der Waals surface area contributed by atoms with E-state index < -0.39 is 21.9 Å². The molecule has 36 heavy (non-hydrogen) atoms. The summed E-state index contributed by atoms with van der Waals surface area (Å²) in [6, 6.07) is 5.61. The molecule has 1 unspecified atom stereocenters. The van der Waals surface area contributed by atoms with Crippen LogP contribution in [0.2, 0.25) is 0 Å². The fraction of sp³-hybridized carbons (Fsp3) is 0.500. The third kappa shape index (κ3) is 4.79. The Morgan fingerprint density at radius 3 is 2.47 bits per heavy atom. The number of alkyl halides is 3. The van der Waals surface area contributed by atoms with Crippen LogP contribution in [0.5, 0.6) is 0 Å². The maximum absolute atomic E-state index is 12.8. The van der Waals surface area contributed by atoms with E-state index in [0.717, 1.165) is 66.2 Å². The Morgan fingerprint density at radius 1 is 1.14 bits per heavy atom. The van der Waals surface area contributed by atoms with Crippen LogP contribution in [0, 0.1) is 12.8 Å². The summed E-state index contributed by atoms with van der Waals surface area (Å²) in [5.74, 6) is -1.88. The summed E-state index contributed by atoms with van der Waals surface area (Å²) in [7, 11) is -3.74. The zero-order chi connectivity index (χ0) is 25.7. The fourth-order valence-corrected chi connectivity index (χ4v) is 6.39. The summed E-state index contributed by atoms with van der Waals surface area (Å²) < 4.78 is 66.1. The highest BCUT2D eigenvalue weighted by Crippen LogP contribution is 2.42. The molecule has 3 aromatic rings. The van der Waals surface area contributed by atoms with Crippen molar-refractivity contribution in [1.29, 1.82) is 0 Å². The van der Waals surface area contributed by atoms with Gasteiger partial charge in [-0.05, 0) is 56.4 Å². The van der Waals surface area contributed by atoms with Gasteiger partial charge in [0.25, 0.3) is 0 Å². The Balaban J connectivity index is 1.49. The van der Waals surface area contributed by atoms with E-state index in [1.54, 1.807) is 6.07 Å². The summed E-state index contributed by atoms with van der Waals surface area (Å²) in [4.78, 5) is 13.8. The number of sulfone groups is 1. The first-order chi connectivity index (χ1) is 17.1. The van der Waals surface area contributed by atoms with Gasteiger partial charge in [-0.25, -0.2) is 13.4 Å². The maximum Gasteiger partial charge on any atom is 0.391 e. The van der Waals surface area contributed by atoms with E-state index in [2.05, 4.69) is 20.6 Å². The van der Waals surface area contributed by atoms with Gasteiger partial charge in [0.15, 0.2) is 9.84 Å². The lowest BCUT2D eigenvalue weighted by molar-refractivity contribution is -0.171. The van der Waals surface area contributed by atoms with E-state index in [-0.39, 0.29) is 29.5 Å². The molecule has 192 valence electrons. The van der Waals surface area contributed by atoms with Crippen molar-refractivity contribution >= 4 is 26.6 Å². The molecule has 1 fully saturated rings. The number of hydrogen-bond acceptors (Lipinski definition) is 5. The molecule has 0 radical (unpaired) electrons. The Bertz CT molecular complexity index is 1420. The highest BCUT2D eigenvalue weighted by molar-refractivity contribution is 7.91. The number of aryl methyl sites for hydroxylation is 1. The second-order valence-electron chi connectivity index (χ2n) is 9.96. The Morgan fingerprint density at radius 2 is 1.86 bits per heavy atom. The molecule has 0 amide bonds. The van der Waals surface area contributed by atoms with Crippen LogP contribution in [0.15, 0.2) is 40.5 Å². The second-order valence-corrected chi connectivity index (χ2v) is 12.1. The Labute approximate surface area is 208 Å². The third-order valence-corrected chi connectivity index (χ3v) is 9.01. The molecular weight excluding hydrogens is 489 g/mol. The summed E-state index contributed by atoms with van der Waals surface area (Å²) >= 11 is 0. The van der Waals surface area contributed by atoms with Crippen molar-refractivity contribution in [2.45, 2.75) is 69.5 Å². The average molecular weight is 519 g/mol. The number of hydrogen-bond donors (Lipinski definition) is 0. The normalized spacial score (nSPS) is 17.5. The maximum atomic E-state index is 12.8. The van der Waals surface area contributed by atoms with Crippen LogP contribution < -0.4 is 0 Å². The van der Waals surface area contributed by atoms with Crippen LogP contribution in [-0.2, 0) is 9.84 Å². The topological polar surface area (TPSA) is 77.2 Å². The third-order valence-electron chi connectivity index (χ3n) is 7.22. The van der Waals surface area contributed by atoms with Crippen molar-refractivity contribution < 1.29 is 21.6 Å². The number of halogens is 3. The van der Waals surface area contributed by atoms with Crippen LogP contribution in [-0.4, -0.2) is 47.1 Å². The number of aliphatic imine (C=N–C) groups is 1. The fourth-order valence-electron chi connectivity index (χ4n) is 5.12. The lowest BCUT2D eigenvalue weighted by Gasteiger charge is -2.18. The van der Waals surface area contributed by atoms with Crippen molar-refractivity contribution in [3.8, 4) is 11.4 Å². The number of rotatable bonds is 8. The van der Waals surface area contributed by atoms with Crippen LogP contribution in [0.25, 0.3) is 22.4 Å². The number of pyridine rings is 2. The van der Waals surface area contributed by atoms with E-state index in [9.17, 15) is 21.6 Å². The van der Waals surface area contributed by atoms with E-state index in [1.807, 2.05) is 13.1 Å². The van der Waals surface area contributed by atoms with Crippen LogP contribution in [0.1, 0.15) is 62.6 Å². The highest BCUT2D eigenvalue weighted by atomic mass is 32.2. The van der Waals surface area contributed by atoms with Crippen LogP contribution >= 0.6 is 0 Å². The SMILES string of the molecule is Cc1cnc2c(c1)c(C1=NC1)c(-c1ccc(S(=O)(=O)CCCC(C)C(F)(F)F)cn1)n2C1CCCC1. The highest BCUT2D eigenvalue weighted by Gasteiger charge is 2.36. The minimum Gasteiger partial charge on any atom is -0.320 e. The van der Waals surface area contributed by atoms with Crippen molar-refractivity contribution in [3.05, 3.63) is 41.7 Å². The molecule has 6 nitrogen and oxygen atoms in total. The van der Waals surface area contributed by atoms with Crippen molar-refractivity contribution in [1.82, 2.24) is 14.5 Å². The molecule has 4 heterocycles. The molecule has 1 atom stereocenters. The van der Waals surface area contributed by atoms with Gasteiger partial charge in [-0.1, -0.05) is 19.8 Å². The zero-order valence-electron chi connectivity index (χ0n) is 20.3. The standard InChI is InChI=1S/C26H29F3N4O2S/c1-16-12-20-23(22-15-31-22)24(33(25(20)32-13-16)18-7-3-4-8-18)21-10-9-19(14-30-21)36(34,35)11-5-6-17(2)26(27,28)29/h9-10,12-14,17-18H,3-8,11,15H2,1-2H3. The average Bonchev–Trinajstić information content (AvgIpc) is 3.40. The molecule has 0 aromatic carbocycles. The monoisotopic (exact) mass is 518 g/mol. The van der Waals surface area contributed by atoms with Gasteiger partial charge >= 0.3 is 6.18 Å². The van der Waals surface area contributed by atoms with Crippen LogP contribution in [0.4, 0.5) is 13.2 Å². The molecule has 0 saturated heterocycles. The van der Waals surface area contributed by atoms with E-state index in [0.29, 0.717) is 12.2 Å². The van der Waals surface area contributed by atoms with Gasteiger partial charge in [0.1, 0.15) is 5.65 Å². The quantitative estimate of drug-likeness (QED) is 0.362. The van der Waals surface area contributed by atoms with E-state index in [1.165, 1.54) is 12.3 Å². The lowest BCUT2D eigenvalue weighted by Crippen LogP contribution is -2.20. The molecule has 0 bridgehead atoms. The first-order valence-electron chi connectivity index (χ1n) is 12.4. The molecule has 3 aromatic heterocycles. The summed E-state index contributed by atoms with van der Waals surface area (Å²) in [6.07, 6.45) is 2.95. The summed E-state index contributed by atoms with van der Waals surface area (Å²) in [5.41, 5.74) is 5.51. The number of nitrogens with zero attached hydrogens (tertiary/aromatic N) is 4. The molecule has 1 aliphatic carbocycles. The number of aromatic nitrogens is 3. The zero-order valence-corrected chi connectivity index (χ0v) is 21.2. The molecule has 2 aliphatic rings. The van der Waals surface area contributed by atoms with Gasteiger partial charge in [-0.2, -0.15) is 13.2 Å². The van der Waals surface area contributed by atoms with Gasteiger partial charge < -0.3 is 4.57 Å².